The van der Waals surface area contributed by atoms with Crippen molar-refractivity contribution in [2.45, 2.75) is 26.2 Å². The van der Waals surface area contributed by atoms with Crippen molar-refractivity contribution in [2.75, 3.05) is 17.3 Å². The van der Waals surface area contributed by atoms with Crippen LogP contribution in [0.15, 0.2) is 0 Å². The Bertz CT molecular complexity index is 192. The fourth-order valence-corrected chi connectivity index (χ4v) is 2.41. The first kappa shape index (κ1) is 16.7. The van der Waals surface area contributed by atoms with Gasteiger partial charge in [0, 0.05) is 5.75 Å². The average molecular weight is 234 g/mol. The van der Waals surface area contributed by atoms with E-state index >= 15 is 0 Å². The van der Waals surface area contributed by atoms with Crippen molar-refractivity contribution in [3.05, 3.63) is 0 Å². The third-order valence-corrected chi connectivity index (χ3v) is 3.27. The predicted octanol–water partition coefficient (Wildman–Crippen LogP) is -1.54. The van der Waals surface area contributed by atoms with Crippen LogP contribution in [0.5, 0.6) is 0 Å². The van der Waals surface area contributed by atoms with Crippen LogP contribution >= 0.6 is 11.8 Å². The van der Waals surface area contributed by atoms with Crippen LogP contribution in [0.25, 0.3) is 0 Å². The van der Waals surface area contributed by atoms with Crippen LogP contribution in [0.3, 0.4) is 0 Å². The Balaban J connectivity index is 0. The van der Waals surface area contributed by atoms with Gasteiger partial charge in [-0.2, -0.15) is 11.8 Å². The Morgan fingerprint density at radius 1 is 1.23 bits per heavy atom. The molecule has 0 spiro atoms. The standard InChI is InChI=1S/C7H16O3S2.Na/c1-2-3-5-11-6-4-7-12(8,9)10;/h2-7H2,1H3,(H,8,9,10);/q;+1/p-1. The maximum Gasteiger partial charge on any atom is 1.00 e. The van der Waals surface area contributed by atoms with E-state index in [9.17, 15) is 13.0 Å². The van der Waals surface area contributed by atoms with Gasteiger partial charge in [0.1, 0.15) is 0 Å². The van der Waals surface area contributed by atoms with Crippen LogP contribution in [0.4, 0.5) is 0 Å². The Morgan fingerprint density at radius 3 is 2.23 bits per heavy atom. The first-order valence-corrected chi connectivity index (χ1v) is 6.81. The van der Waals surface area contributed by atoms with E-state index in [1.165, 1.54) is 0 Å². The van der Waals surface area contributed by atoms with Crippen LogP contribution < -0.4 is 29.6 Å². The minimum absolute atomic E-state index is 0. The van der Waals surface area contributed by atoms with E-state index in [0.717, 1.165) is 24.3 Å². The van der Waals surface area contributed by atoms with E-state index in [2.05, 4.69) is 6.92 Å². The van der Waals surface area contributed by atoms with Gasteiger partial charge in [0.05, 0.1) is 10.1 Å². The van der Waals surface area contributed by atoms with Crippen LogP contribution in [-0.4, -0.2) is 30.2 Å². The van der Waals surface area contributed by atoms with Gasteiger partial charge in [-0.05, 0) is 24.3 Å². The number of unbranched alkanes of at least 4 members (excludes halogenated alkanes) is 1. The molecule has 3 nitrogen and oxygen atoms in total. The minimum Gasteiger partial charge on any atom is -0.748 e. The monoisotopic (exact) mass is 234 g/mol. The topological polar surface area (TPSA) is 57.2 Å². The Hall–Kier alpha value is 1.26. The summed E-state index contributed by atoms with van der Waals surface area (Å²) in [5, 5.41) is 0. The Kier molecular flexibility index (Phi) is 12.6. The van der Waals surface area contributed by atoms with E-state index in [0.29, 0.717) is 6.42 Å². The van der Waals surface area contributed by atoms with Gasteiger partial charge in [0.15, 0.2) is 0 Å². The van der Waals surface area contributed by atoms with E-state index in [-0.39, 0.29) is 35.3 Å². The summed E-state index contributed by atoms with van der Waals surface area (Å²) in [5.41, 5.74) is 0. The summed E-state index contributed by atoms with van der Waals surface area (Å²) in [6.07, 6.45) is 2.81. The summed E-state index contributed by atoms with van der Waals surface area (Å²) in [6.45, 7) is 2.11. The molecular weight excluding hydrogens is 219 g/mol. The van der Waals surface area contributed by atoms with E-state index in [4.69, 9.17) is 0 Å². The van der Waals surface area contributed by atoms with Gasteiger partial charge < -0.3 is 4.55 Å². The molecule has 0 aliphatic rings. The average Bonchev–Trinajstić information content (AvgIpc) is 1.94. The molecule has 13 heavy (non-hydrogen) atoms. The summed E-state index contributed by atoms with van der Waals surface area (Å²) in [6, 6.07) is 0. The van der Waals surface area contributed by atoms with Crippen molar-refractivity contribution < 1.29 is 42.5 Å². The molecule has 0 bridgehead atoms. The molecular formula is C7H15NaO3S2. The Morgan fingerprint density at radius 2 is 1.77 bits per heavy atom. The van der Waals surface area contributed by atoms with Gasteiger partial charge in [0.25, 0.3) is 0 Å². The number of thioether (sulfide) groups is 1. The molecule has 0 atom stereocenters. The molecule has 0 fully saturated rings. The molecule has 0 aromatic carbocycles. The van der Waals surface area contributed by atoms with Crippen LogP contribution in [0.1, 0.15) is 26.2 Å². The van der Waals surface area contributed by atoms with Crippen molar-refractivity contribution in [1.82, 2.24) is 0 Å². The van der Waals surface area contributed by atoms with Crippen LogP contribution in [0, 0.1) is 0 Å². The molecule has 0 amide bonds. The normalized spacial score (nSPS) is 10.9. The molecule has 74 valence electrons. The fraction of sp³-hybridized carbons (Fsp3) is 1.00. The molecule has 0 heterocycles. The smallest absolute Gasteiger partial charge is 0.748 e. The summed E-state index contributed by atoms with van der Waals surface area (Å²) in [7, 11) is -3.98. The molecule has 0 rings (SSSR count). The predicted molar refractivity (Wildman–Crippen MR) is 51.4 cm³/mol. The van der Waals surface area contributed by atoms with E-state index in [1.54, 1.807) is 11.8 Å². The largest absolute Gasteiger partial charge is 1.00 e. The van der Waals surface area contributed by atoms with Crippen molar-refractivity contribution in [3.63, 3.8) is 0 Å². The molecule has 0 unspecified atom stereocenters. The maximum absolute atomic E-state index is 10.2. The van der Waals surface area contributed by atoms with Gasteiger partial charge in [0.2, 0.25) is 0 Å². The molecule has 0 saturated carbocycles. The summed E-state index contributed by atoms with van der Waals surface area (Å²) >= 11 is 1.72. The van der Waals surface area contributed by atoms with Gasteiger partial charge >= 0.3 is 29.6 Å². The quantitative estimate of drug-likeness (QED) is 0.304. The summed E-state index contributed by atoms with van der Waals surface area (Å²) in [5.74, 6) is 1.63. The molecule has 0 radical (unpaired) electrons. The summed E-state index contributed by atoms with van der Waals surface area (Å²) < 4.78 is 30.5. The van der Waals surface area contributed by atoms with Gasteiger partial charge in [-0.3, -0.25) is 0 Å². The van der Waals surface area contributed by atoms with E-state index in [1.807, 2.05) is 0 Å². The Labute approximate surface area is 107 Å². The zero-order valence-corrected chi connectivity index (χ0v) is 11.9. The van der Waals surface area contributed by atoms with Crippen molar-refractivity contribution in [2.24, 2.45) is 0 Å². The number of rotatable bonds is 7. The first-order chi connectivity index (χ1) is 5.56. The molecule has 0 aliphatic heterocycles. The second kappa shape index (κ2) is 9.80. The molecule has 0 aromatic rings. The van der Waals surface area contributed by atoms with Gasteiger partial charge in [-0.15, -0.1) is 0 Å². The summed E-state index contributed by atoms with van der Waals surface area (Å²) in [4.78, 5) is 0. The second-order valence-electron chi connectivity index (χ2n) is 2.58. The van der Waals surface area contributed by atoms with Crippen molar-refractivity contribution in [3.8, 4) is 0 Å². The van der Waals surface area contributed by atoms with Crippen LogP contribution in [-0.2, 0) is 10.1 Å². The fourth-order valence-electron chi connectivity index (χ4n) is 0.686. The zero-order valence-electron chi connectivity index (χ0n) is 8.28. The third kappa shape index (κ3) is 16.0. The van der Waals surface area contributed by atoms with Crippen molar-refractivity contribution >= 4 is 21.9 Å². The molecule has 6 heteroatoms. The third-order valence-electron chi connectivity index (χ3n) is 1.33. The molecule has 0 aliphatic carbocycles. The molecule has 0 N–H and O–H groups in total. The molecule has 0 saturated heterocycles. The van der Waals surface area contributed by atoms with E-state index < -0.39 is 10.1 Å². The zero-order chi connectivity index (χ0) is 9.45. The minimum atomic E-state index is -3.98. The number of hydrogen-bond donors (Lipinski definition) is 0. The molecule has 0 aromatic heterocycles. The van der Waals surface area contributed by atoms with Crippen LogP contribution in [0.2, 0.25) is 0 Å². The number of hydrogen-bond acceptors (Lipinski definition) is 4. The maximum atomic E-state index is 10.2. The van der Waals surface area contributed by atoms with Gasteiger partial charge in [-0.25, -0.2) is 8.42 Å². The van der Waals surface area contributed by atoms with Gasteiger partial charge in [-0.1, -0.05) is 13.3 Å². The second-order valence-corrected chi connectivity index (χ2v) is 5.33. The SMILES string of the molecule is CCCCSCCCS(=O)(=O)[O-].[Na+]. The van der Waals surface area contributed by atoms with Crippen molar-refractivity contribution in [1.29, 1.82) is 0 Å². The first-order valence-electron chi connectivity index (χ1n) is 4.07.